The smallest absolute Gasteiger partial charge is 0.435 e. The summed E-state index contributed by atoms with van der Waals surface area (Å²) in [7, 11) is 0. The molecule has 0 unspecified atom stereocenters. The fourth-order valence-corrected chi connectivity index (χ4v) is 1.68. The lowest BCUT2D eigenvalue weighted by Gasteiger charge is -2.06. The van der Waals surface area contributed by atoms with Gasteiger partial charge in [-0.2, -0.15) is 18.3 Å². The van der Waals surface area contributed by atoms with E-state index in [0.29, 0.717) is 6.07 Å². The molecule has 0 bridgehead atoms. The minimum atomic E-state index is -4.66. The van der Waals surface area contributed by atoms with E-state index in [1.807, 2.05) is 0 Å². The number of hydrogen-bond acceptors (Lipinski definition) is 2. The molecule has 8 heteroatoms. The third-order valence-electron chi connectivity index (χ3n) is 2.39. The topological polar surface area (TPSA) is 38.0 Å². The zero-order valence-electron chi connectivity index (χ0n) is 9.25. The van der Waals surface area contributed by atoms with E-state index < -0.39 is 18.5 Å². The molecular formula is C11H7ClF4N2O. The monoisotopic (exact) mass is 294 g/mol. The first-order valence-corrected chi connectivity index (χ1v) is 5.41. The van der Waals surface area contributed by atoms with Crippen LogP contribution in [0.1, 0.15) is 11.4 Å². The molecule has 1 N–H and O–H groups in total. The average Bonchev–Trinajstić information content (AvgIpc) is 2.76. The van der Waals surface area contributed by atoms with Gasteiger partial charge in [-0.15, -0.1) is 0 Å². The van der Waals surface area contributed by atoms with Crippen LogP contribution in [0.5, 0.6) is 5.75 Å². The molecule has 2 aromatic rings. The Morgan fingerprint density at radius 1 is 1.26 bits per heavy atom. The molecule has 0 spiro atoms. The van der Waals surface area contributed by atoms with Crippen molar-refractivity contribution in [2.24, 2.45) is 0 Å². The van der Waals surface area contributed by atoms with Gasteiger partial charge in [0.15, 0.2) is 5.69 Å². The molecule has 1 aromatic carbocycles. The molecule has 0 aliphatic rings. The van der Waals surface area contributed by atoms with Crippen LogP contribution >= 0.6 is 11.6 Å². The number of rotatable bonds is 2. The largest absolute Gasteiger partial charge is 0.506 e. The van der Waals surface area contributed by atoms with Crippen LogP contribution in [0, 0.1) is 0 Å². The fourth-order valence-electron chi connectivity index (χ4n) is 1.50. The van der Waals surface area contributed by atoms with E-state index in [0.717, 1.165) is 4.68 Å². The number of halogens is 5. The summed E-state index contributed by atoms with van der Waals surface area (Å²) in [6.45, 7) is -1.11. The van der Waals surface area contributed by atoms with Gasteiger partial charge in [0, 0.05) is 0 Å². The van der Waals surface area contributed by atoms with Crippen LogP contribution in [-0.4, -0.2) is 14.9 Å². The van der Waals surface area contributed by atoms with Gasteiger partial charge in [-0.1, -0.05) is 11.6 Å². The van der Waals surface area contributed by atoms with Gasteiger partial charge >= 0.3 is 6.18 Å². The van der Waals surface area contributed by atoms with E-state index in [4.69, 9.17) is 11.6 Å². The maximum atomic E-state index is 12.7. The van der Waals surface area contributed by atoms with Crippen molar-refractivity contribution in [2.75, 3.05) is 0 Å². The second-order valence-electron chi connectivity index (χ2n) is 3.70. The van der Waals surface area contributed by atoms with E-state index in [1.54, 1.807) is 0 Å². The summed E-state index contributed by atoms with van der Waals surface area (Å²) >= 11 is 5.65. The Hall–Kier alpha value is -1.76. The van der Waals surface area contributed by atoms with Gasteiger partial charge in [-0.25, -0.2) is 9.07 Å². The van der Waals surface area contributed by atoms with Gasteiger partial charge in [0.1, 0.15) is 12.4 Å². The minimum absolute atomic E-state index is 0.0635. The Morgan fingerprint density at radius 2 is 1.95 bits per heavy atom. The molecule has 0 amide bonds. The van der Waals surface area contributed by atoms with Crippen LogP contribution in [0.3, 0.4) is 0 Å². The number of benzene rings is 1. The molecule has 1 aromatic heterocycles. The number of phenols is 1. The van der Waals surface area contributed by atoms with Crippen LogP contribution in [0.25, 0.3) is 5.69 Å². The van der Waals surface area contributed by atoms with Crippen LogP contribution in [0.15, 0.2) is 24.3 Å². The maximum absolute atomic E-state index is 12.7. The van der Waals surface area contributed by atoms with Crippen molar-refractivity contribution in [3.8, 4) is 11.4 Å². The highest BCUT2D eigenvalue weighted by molar-refractivity contribution is 6.32. The Kier molecular flexibility index (Phi) is 3.40. The molecule has 0 saturated heterocycles. The van der Waals surface area contributed by atoms with E-state index in [-0.39, 0.29) is 22.2 Å². The van der Waals surface area contributed by atoms with E-state index in [2.05, 4.69) is 5.10 Å². The van der Waals surface area contributed by atoms with Crippen molar-refractivity contribution in [2.45, 2.75) is 12.9 Å². The Morgan fingerprint density at radius 3 is 2.47 bits per heavy atom. The van der Waals surface area contributed by atoms with Crippen LogP contribution in [0.2, 0.25) is 5.02 Å². The summed E-state index contributed by atoms with van der Waals surface area (Å²) in [5, 5.41) is 12.5. The molecule has 102 valence electrons. The summed E-state index contributed by atoms with van der Waals surface area (Å²) in [5.41, 5.74) is -1.32. The SMILES string of the molecule is Oc1ccc(-n2nc(C(F)(F)F)cc2CF)cc1Cl. The van der Waals surface area contributed by atoms with Crippen LogP contribution in [0.4, 0.5) is 17.6 Å². The van der Waals surface area contributed by atoms with E-state index >= 15 is 0 Å². The molecular weight excluding hydrogens is 288 g/mol. The minimum Gasteiger partial charge on any atom is -0.506 e. The first-order valence-electron chi connectivity index (χ1n) is 5.04. The maximum Gasteiger partial charge on any atom is 0.435 e. The number of alkyl halides is 4. The second-order valence-corrected chi connectivity index (χ2v) is 4.11. The normalized spacial score (nSPS) is 11.8. The van der Waals surface area contributed by atoms with Gasteiger partial charge in [0.05, 0.1) is 16.4 Å². The highest BCUT2D eigenvalue weighted by atomic mass is 35.5. The third-order valence-corrected chi connectivity index (χ3v) is 2.69. The number of aromatic hydroxyl groups is 1. The Balaban J connectivity index is 2.54. The molecule has 0 saturated carbocycles. The van der Waals surface area contributed by atoms with Crippen molar-refractivity contribution in [3.05, 3.63) is 40.7 Å². The predicted octanol–water partition coefficient (Wildman–Crippen LogP) is 3.72. The number of nitrogens with zero attached hydrogens (tertiary/aromatic N) is 2. The summed E-state index contributed by atoms with van der Waals surface area (Å²) < 4.78 is 51.1. The fraction of sp³-hybridized carbons (Fsp3) is 0.182. The number of phenolic OH excluding ortho intramolecular Hbond substituents is 1. The predicted molar refractivity (Wildman–Crippen MR) is 60.1 cm³/mol. The van der Waals surface area contributed by atoms with E-state index in [1.165, 1.54) is 18.2 Å². The zero-order valence-corrected chi connectivity index (χ0v) is 10.0. The van der Waals surface area contributed by atoms with Gasteiger partial charge in [0.2, 0.25) is 0 Å². The van der Waals surface area contributed by atoms with E-state index in [9.17, 15) is 22.7 Å². The van der Waals surface area contributed by atoms with Gasteiger partial charge in [-0.3, -0.25) is 0 Å². The Labute approximate surface area is 110 Å². The highest BCUT2D eigenvalue weighted by Crippen LogP contribution is 2.31. The lowest BCUT2D eigenvalue weighted by molar-refractivity contribution is -0.141. The molecule has 19 heavy (non-hydrogen) atoms. The lowest BCUT2D eigenvalue weighted by Crippen LogP contribution is -2.07. The van der Waals surface area contributed by atoms with Gasteiger partial charge in [-0.05, 0) is 24.3 Å². The molecule has 0 radical (unpaired) electrons. The highest BCUT2D eigenvalue weighted by Gasteiger charge is 2.35. The van der Waals surface area contributed by atoms with Crippen LogP contribution < -0.4 is 0 Å². The van der Waals surface area contributed by atoms with Crippen molar-refractivity contribution in [3.63, 3.8) is 0 Å². The number of aromatic nitrogens is 2. The first kappa shape index (κ1) is 13.7. The molecule has 0 atom stereocenters. The zero-order chi connectivity index (χ0) is 14.2. The van der Waals surface area contributed by atoms with Crippen molar-refractivity contribution >= 4 is 11.6 Å². The lowest BCUT2D eigenvalue weighted by atomic mass is 10.3. The summed E-state index contributed by atoms with van der Waals surface area (Å²) in [5.74, 6) is -0.226. The van der Waals surface area contributed by atoms with Crippen molar-refractivity contribution in [1.82, 2.24) is 9.78 Å². The molecule has 0 aliphatic heterocycles. The second kappa shape index (κ2) is 4.73. The van der Waals surface area contributed by atoms with Crippen molar-refractivity contribution in [1.29, 1.82) is 0 Å². The standard InChI is InChI=1S/C11H7ClF4N2O/c12-8-3-6(1-2-9(8)19)18-7(5-13)4-10(17-18)11(14,15)16/h1-4,19H,5H2. The van der Waals surface area contributed by atoms with Crippen molar-refractivity contribution < 1.29 is 22.7 Å². The average molecular weight is 295 g/mol. The quantitative estimate of drug-likeness (QED) is 0.857. The summed E-state index contributed by atoms with van der Waals surface area (Å²) in [4.78, 5) is 0. The number of hydrogen-bond donors (Lipinski definition) is 1. The summed E-state index contributed by atoms with van der Waals surface area (Å²) in [6, 6.07) is 4.30. The van der Waals surface area contributed by atoms with Gasteiger partial charge in [0.25, 0.3) is 0 Å². The summed E-state index contributed by atoms with van der Waals surface area (Å²) in [6.07, 6.45) is -4.66. The molecule has 0 aliphatic carbocycles. The third kappa shape index (κ3) is 2.65. The molecule has 0 fully saturated rings. The van der Waals surface area contributed by atoms with Gasteiger partial charge < -0.3 is 5.11 Å². The molecule has 3 nitrogen and oxygen atoms in total. The van der Waals surface area contributed by atoms with Crippen LogP contribution in [-0.2, 0) is 12.9 Å². The molecule has 1 heterocycles. The molecule has 2 rings (SSSR count). The Bertz CT molecular complexity index is 609. The first-order chi connectivity index (χ1) is 8.82.